The van der Waals surface area contributed by atoms with Gasteiger partial charge < -0.3 is 4.90 Å². The van der Waals surface area contributed by atoms with Crippen LogP contribution in [0.3, 0.4) is 0 Å². The van der Waals surface area contributed by atoms with Crippen LogP contribution in [0.5, 0.6) is 0 Å². The molecular formula is C21H22ClN3O2. The predicted molar refractivity (Wildman–Crippen MR) is 106 cm³/mol. The third-order valence-electron chi connectivity index (χ3n) is 5.35. The smallest absolute Gasteiger partial charge is 0.247 e. The number of rotatable bonds is 4. The molecule has 0 saturated carbocycles. The number of nitrogens with zero attached hydrogens (tertiary/aromatic N) is 3. The molecule has 1 atom stereocenters. The number of hydrogen-bond donors (Lipinski definition) is 0. The lowest BCUT2D eigenvalue weighted by molar-refractivity contribution is -0.140. The number of hydrogen-bond acceptors (Lipinski definition) is 4. The number of para-hydroxylation sites is 1. The van der Waals surface area contributed by atoms with E-state index in [4.69, 9.17) is 11.6 Å². The zero-order valence-electron chi connectivity index (χ0n) is 15.1. The highest BCUT2D eigenvalue weighted by Gasteiger charge is 2.42. The Labute approximate surface area is 164 Å². The Bertz CT molecular complexity index is 817. The maximum Gasteiger partial charge on any atom is 0.247 e. The van der Waals surface area contributed by atoms with Gasteiger partial charge in [-0.05, 0) is 29.8 Å². The van der Waals surface area contributed by atoms with Crippen LogP contribution in [-0.2, 0) is 16.1 Å². The number of piperazine rings is 1. The minimum absolute atomic E-state index is 0.0805. The second-order valence-corrected chi connectivity index (χ2v) is 7.46. The van der Waals surface area contributed by atoms with Gasteiger partial charge in [-0.1, -0.05) is 41.9 Å². The fourth-order valence-electron chi connectivity index (χ4n) is 3.82. The van der Waals surface area contributed by atoms with Crippen LogP contribution < -0.4 is 4.90 Å². The highest BCUT2D eigenvalue weighted by molar-refractivity contribution is 6.30. The normalized spacial score (nSPS) is 21.1. The minimum atomic E-state index is -0.331. The highest BCUT2D eigenvalue weighted by atomic mass is 35.5. The van der Waals surface area contributed by atoms with Crippen molar-refractivity contribution in [3.05, 3.63) is 65.2 Å². The molecule has 4 rings (SSSR count). The molecule has 2 fully saturated rings. The molecule has 0 aromatic heterocycles. The number of carbonyl (C=O) groups excluding carboxylic acids is 2. The minimum Gasteiger partial charge on any atom is -0.369 e. The molecule has 2 aliphatic rings. The molecule has 0 aliphatic carbocycles. The van der Waals surface area contributed by atoms with Crippen LogP contribution in [0.15, 0.2) is 54.6 Å². The molecule has 2 heterocycles. The first-order valence-corrected chi connectivity index (χ1v) is 9.62. The second-order valence-electron chi connectivity index (χ2n) is 7.02. The summed E-state index contributed by atoms with van der Waals surface area (Å²) in [7, 11) is 0. The molecule has 0 N–H and O–H groups in total. The van der Waals surface area contributed by atoms with Crippen LogP contribution in [-0.4, -0.2) is 53.8 Å². The molecule has 0 bridgehead atoms. The van der Waals surface area contributed by atoms with E-state index in [-0.39, 0.29) is 24.3 Å². The van der Waals surface area contributed by atoms with E-state index in [1.165, 1.54) is 10.6 Å². The summed E-state index contributed by atoms with van der Waals surface area (Å²) in [4.78, 5) is 31.2. The quantitative estimate of drug-likeness (QED) is 0.761. The van der Waals surface area contributed by atoms with Crippen LogP contribution in [0.1, 0.15) is 12.0 Å². The van der Waals surface area contributed by atoms with Gasteiger partial charge in [-0.25, -0.2) is 0 Å². The van der Waals surface area contributed by atoms with Gasteiger partial charge in [0.1, 0.15) is 0 Å². The third kappa shape index (κ3) is 3.84. The summed E-state index contributed by atoms with van der Waals surface area (Å²) >= 11 is 5.91. The van der Waals surface area contributed by atoms with Crippen molar-refractivity contribution in [2.24, 2.45) is 0 Å². The van der Waals surface area contributed by atoms with Crippen molar-refractivity contribution >= 4 is 29.1 Å². The Balaban J connectivity index is 1.38. The van der Waals surface area contributed by atoms with Crippen LogP contribution in [0.2, 0.25) is 5.02 Å². The van der Waals surface area contributed by atoms with Gasteiger partial charge >= 0.3 is 0 Å². The largest absolute Gasteiger partial charge is 0.369 e. The molecule has 2 amide bonds. The van der Waals surface area contributed by atoms with E-state index in [2.05, 4.69) is 21.9 Å². The topological polar surface area (TPSA) is 43.9 Å². The van der Waals surface area contributed by atoms with Crippen LogP contribution in [0.4, 0.5) is 5.69 Å². The van der Waals surface area contributed by atoms with E-state index in [9.17, 15) is 9.59 Å². The summed E-state index contributed by atoms with van der Waals surface area (Å²) in [6.45, 7) is 3.61. The molecule has 2 saturated heterocycles. The number of likely N-dealkylation sites (tertiary alicyclic amines) is 1. The maximum atomic E-state index is 12.9. The van der Waals surface area contributed by atoms with Crippen LogP contribution in [0.25, 0.3) is 0 Å². The Morgan fingerprint density at radius 3 is 2.22 bits per heavy atom. The molecule has 0 radical (unpaired) electrons. The van der Waals surface area contributed by atoms with Crippen molar-refractivity contribution in [2.45, 2.75) is 19.0 Å². The first-order chi connectivity index (χ1) is 13.1. The lowest BCUT2D eigenvalue weighted by atomic mass is 10.1. The molecule has 6 heteroatoms. The number of halogens is 1. The Morgan fingerprint density at radius 1 is 0.889 bits per heavy atom. The van der Waals surface area contributed by atoms with Gasteiger partial charge in [-0.15, -0.1) is 0 Å². The number of benzene rings is 2. The van der Waals surface area contributed by atoms with Gasteiger partial charge in [0.25, 0.3) is 0 Å². The van der Waals surface area contributed by atoms with Gasteiger partial charge in [0.15, 0.2) is 0 Å². The molecule has 140 valence electrons. The summed E-state index contributed by atoms with van der Waals surface area (Å²) in [5, 5.41) is 0.645. The fraction of sp³-hybridized carbons (Fsp3) is 0.333. The summed E-state index contributed by atoms with van der Waals surface area (Å²) in [6, 6.07) is 17.2. The number of amides is 2. The average molecular weight is 384 g/mol. The molecule has 0 unspecified atom stereocenters. The molecule has 27 heavy (non-hydrogen) atoms. The lowest BCUT2D eigenvalue weighted by Gasteiger charge is -2.38. The fourth-order valence-corrected chi connectivity index (χ4v) is 3.95. The van der Waals surface area contributed by atoms with Gasteiger partial charge in [0, 0.05) is 36.9 Å². The Morgan fingerprint density at radius 2 is 1.56 bits per heavy atom. The van der Waals surface area contributed by atoms with Crippen molar-refractivity contribution < 1.29 is 9.59 Å². The number of carbonyl (C=O) groups is 2. The average Bonchev–Trinajstić information content (AvgIpc) is 2.99. The molecule has 5 nitrogen and oxygen atoms in total. The molecule has 2 aromatic carbocycles. The van der Waals surface area contributed by atoms with E-state index in [0.29, 0.717) is 11.6 Å². The monoisotopic (exact) mass is 383 g/mol. The number of imide groups is 1. The summed E-state index contributed by atoms with van der Waals surface area (Å²) in [5.74, 6) is -0.173. The van der Waals surface area contributed by atoms with E-state index >= 15 is 0 Å². The van der Waals surface area contributed by atoms with Gasteiger partial charge in [0.2, 0.25) is 11.8 Å². The van der Waals surface area contributed by atoms with E-state index < -0.39 is 0 Å². The molecule has 0 spiro atoms. The Hall–Kier alpha value is -2.37. The molecular weight excluding hydrogens is 362 g/mol. The standard InChI is InChI=1S/C21H22ClN3O2/c22-17-8-6-16(7-9-17)15-25-20(26)14-19(21(25)27)24-12-10-23(11-13-24)18-4-2-1-3-5-18/h1-9,19H,10-15H2/t19-/m1/s1. The highest BCUT2D eigenvalue weighted by Crippen LogP contribution is 2.24. The zero-order chi connectivity index (χ0) is 18.8. The van der Waals surface area contributed by atoms with Gasteiger partial charge in [0.05, 0.1) is 19.0 Å². The first-order valence-electron chi connectivity index (χ1n) is 9.24. The number of anilines is 1. The lowest BCUT2D eigenvalue weighted by Crippen LogP contribution is -2.52. The van der Waals surface area contributed by atoms with Gasteiger partial charge in [-0.3, -0.25) is 19.4 Å². The summed E-state index contributed by atoms with van der Waals surface area (Å²) in [5.41, 5.74) is 2.12. The van der Waals surface area contributed by atoms with Crippen molar-refractivity contribution in [1.82, 2.24) is 9.80 Å². The van der Waals surface area contributed by atoms with E-state index in [0.717, 1.165) is 31.7 Å². The second kappa shape index (κ2) is 7.71. The Kier molecular flexibility index (Phi) is 5.14. The van der Waals surface area contributed by atoms with Crippen LogP contribution in [0, 0.1) is 0 Å². The van der Waals surface area contributed by atoms with Crippen molar-refractivity contribution in [2.75, 3.05) is 31.1 Å². The van der Waals surface area contributed by atoms with E-state index in [1.807, 2.05) is 30.3 Å². The molecule has 2 aliphatic heterocycles. The summed E-state index contributed by atoms with van der Waals surface area (Å²) < 4.78 is 0. The zero-order valence-corrected chi connectivity index (χ0v) is 15.8. The van der Waals surface area contributed by atoms with E-state index in [1.54, 1.807) is 12.1 Å². The molecule has 2 aromatic rings. The first kappa shape index (κ1) is 18.0. The predicted octanol–water partition coefficient (Wildman–Crippen LogP) is 2.79. The van der Waals surface area contributed by atoms with Crippen molar-refractivity contribution in [1.29, 1.82) is 0 Å². The van der Waals surface area contributed by atoms with Crippen molar-refractivity contribution in [3.8, 4) is 0 Å². The van der Waals surface area contributed by atoms with Crippen LogP contribution >= 0.6 is 11.6 Å². The summed E-state index contributed by atoms with van der Waals surface area (Å²) in [6.07, 6.45) is 0.276. The van der Waals surface area contributed by atoms with Gasteiger partial charge in [-0.2, -0.15) is 0 Å². The third-order valence-corrected chi connectivity index (χ3v) is 5.60. The SMILES string of the molecule is O=C1C[C@@H](N2CCN(c3ccccc3)CC2)C(=O)N1Cc1ccc(Cl)cc1. The van der Waals surface area contributed by atoms with Crippen molar-refractivity contribution in [3.63, 3.8) is 0 Å². The maximum absolute atomic E-state index is 12.9.